The van der Waals surface area contributed by atoms with Crippen LogP contribution in [0.3, 0.4) is 0 Å². The molecule has 0 aromatic carbocycles. The quantitative estimate of drug-likeness (QED) is 0.719. The van der Waals surface area contributed by atoms with E-state index in [2.05, 4.69) is 5.43 Å². The lowest BCUT2D eigenvalue weighted by molar-refractivity contribution is -0.138. The van der Waals surface area contributed by atoms with Gasteiger partial charge in [-0.3, -0.25) is 19.2 Å². The minimum Gasteiger partial charge on any atom is -0.313 e. The normalized spacial score (nSPS) is 21.1. The summed E-state index contributed by atoms with van der Waals surface area (Å²) in [6.45, 7) is 2.25. The number of aromatic nitrogens is 1. The largest absolute Gasteiger partial charge is 0.313 e. The van der Waals surface area contributed by atoms with Gasteiger partial charge in [-0.05, 0) is 19.1 Å². The van der Waals surface area contributed by atoms with Gasteiger partial charge in [0.15, 0.2) is 0 Å². The lowest BCUT2D eigenvalue weighted by Crippen LogP contribution is -2.37. The van der Waals surface area contributed by atoms with E-state index in [1.165, 1.54) is 4.90 Å². The van der Waals surface area contributed by atoms with Crippen LogP contribution in [0.4, 0.5) is 0 Å². The third-order valence-corrected chi connectivity index (χ3v) is 2.47. The average Bonchev–Trinajstić information content (AvgIpc) is 2.78. The van der Waals surface area contributed by atoms with Crippen molar-refractivity contribution in [3.8, 4) is 0 Å². The molecule has 0 bridgehead atoms. The first-order valence-electron chi connectivity index (χ1n) is 4.96. The highest BCUT2D eigenvalue weighted by Crippen LogP contribution is 2.13. The van der Waals surface area contributed by atoms with Gasteiger partial charge >= 0.3 is 0 Å². The molecule has 0 spiro atoms. The van der Waals surface area contributed by atoms with E-state index in [1.54, 1.807) is 24.0 Å². The smallest absolute Gasteiger partial charge is 0.253 e. The van der Waals surface area contributed by atoms with E-state index < -0.39 is 6.04 Å². The molecule has 5 nitrogen and oxygen atoms in total. The molecular weight excluding hydrogens is 194 g/mol. The summed E-state index contributed by atoms with van der Waals surface area (Å²) in [5, 5.41) is 0. The summed E-state index contributed by atoms with van der Waals surface area (Å²) in [5.41, 5.74) is 2.97. The molecule has 5 heteroatoms. The fourth-order valence-corrected chi connectivity index (χ4v) is 1.72. The molecule has 1 aromatic rings. The highest BCUT2D eigenvalue weighted by molar-refractivity contribution is 6.06. The van der Waals surface area contributed by atoms with Gasteiger partial charge in [0.25, 0.3) is 5.91 Å². The number of carbonyl (C=O) groups is 2. The summed E-state index contributed by atoms with van der Waals surface area (Å²) in [7, 11) is 0. The number of amides is 2. The van der Waals surface area contributed by atoms with Gasteiger partial charge in [-0.25, -0.2) is 0 Å². The maximum atomic E-state index is 11.7. The Kier molecular flexibility index (Phi) is 2.45. The highest BCUT2D eigenvalue weighted by atomic mass is 16.2. The van der Waals surface area contributed by atoms with Crippen LogP contribution in [0.5, 0.6) is 0 Å². The zero-order chi connectivity index (χ0) is 10.8. The van der Waals surface area contributed by atoms with Crippen LogP contribution in [0.2, 0.25) is 0 Å². The molecule has 1 unspecified atom stereocenters. The maximum absolute atomic E-state index is 11.7. The molecular formula is C10H13N3O2. The van der Waals surface area contributed by atoms with E-state index in [0.29, 0.717) is 6.54 Å². The Morgan fingerprint density at radius 1 is 1.40 bits per heavy atom. The molecule has 2 amide bonds. The van der Waals surface area contributed by atoms with E-state index in [9.17, 15) is 9.59 Å². The van der Waals surface area contributed by atoms with Gasteiger partial charge in [0.1, 0.15) is 6.04 Å². The minimum absolute atomic E-state index is 0.104. The number of nitrogens with zero attached hydrogens (tertiary/aromatic N) is 2. The molecule has 15 heavy (non-hydrogen) atoms. The van der Waals surface area contributed by atoms with Gasteiger partial charge in [-0.1, -0.05) is 0 Å². The second kappa shape index (κ2) is 3.76. The molecule has 1 fully saturated rings. The van der Waals surface area contributed by atoms with Gasteiger partial charge < -0.3 is 5.43 Å². The highest BCUT2D eigenvalue weighted by Gasteiger charge is 2.37. The first-order valence-corrected chi connectivity index (χ1v) is 4.96. The van der Waals surface area contributed by atoms with Crippen LogP contribution < -0.4 is 5.43 Å². The van der Waals surface area contributed by atoms with Gasteiger partial charge in [0.05, 0.1) is 6.42 Å². The zero-order valence-corrected chi connectivity index (χ0v) is 8.51. The van der Waals surface area contributed by atoms with E-state index in [1.807, 2.05) is 12.1 Å². The number of hydrogen-bond donors (Lipinski definition) is 1. The molecule has 0 saturated carbocycles. The molecule has 1 aliphatic rings. The first-order chi connectivity index (χ1) is 7.22. The summed E-state index contributed by atoms with van der Waals surface area (Å²) in [6.07, 6.45) is 3.84. The maximum Gasteiger partial charge on any atom is 0.253 e. The molecule has 1 saturated heterocycles. The summed E-state index contributed by atoms with van der Waals surface area (Å²) >= 11 is 0. The number of nitrogens with one attached hydrogen (secondary N) is 1. The SMILES string of the molecule is CCN1C(=O)CC(Nn2cccc2)C1=O. The van der Waals surface area contributed by atoms with Crippen LogP contribution in [0.1, 0.15) is 13.3 Å². The van der Waals surface area contributed by atoms with Gasteiger partial charge in [0, 0.05) is 18.9 Å². The average molecular weight is 207 g/mol. The molecule has 80 valence electrons. The van der Waals surface area contributed by atoms with Crippen LogP contribution >= 0.6 is 0 Å². The number of imide groups is 1. The van der Waals surface area contributed by atoms with Crippen molar-refractivity contribution in [1.82, 2.24) is 9.58 Å². The summed E-state index contributed by atoms with van der Waals surface area (Å²) in [4.78, 5) is 24.4. The zero-order valence-electron chi connectivity index (χ0n) is 8.51. The Morgan fingerprint density at radius 3 is 2.60 bits per heavy atom. The summed E-state index contributed by atoms with van der Waals surface area (Å²) in [6, 6.07) is 3.28. The lowest BCUT2D eigenvalue weighted by Gasteiger charge is -2.14. The third kappa shape index (κ3) is 1.72. The standard InChI is InChI=1S/C10H13N3O2/c1-2-13-9(14)7-8(10(13)15)11-12-5-3-4-6-12/h3-6,8,11H,2,7H2,1H3. The monoisotopic (exact) mass is 207 g/mol. The van der Waals surface area contributed by atoms with Crippen molar-refractivity contribution in [2.75, 3.05) is 12.0 Å². The first kappa shape index (κ1) is 9.76. The summed E-state index contributed by atoms with van der Waals surface area (Å²) in [5.74, 6) is -0.247. The second-order valence-corrected chi connectivity index (χ2v) is 3.45. The molecule has 2 rings (SSSR count). The predicted molar refractivity (Wildman–Crippen MR) is 54.6 cm³/mol. The van der Waals surface area contributed by atoms with Gasteiger partial charge in [0.2, 0.25) is 5.91 Å². The Labute approximate surface area is 87.6 Å². The fraction of sp³-hybridized carbons (Fsp3) is 0.400. The van der Waals surface area contributed by atoms with E-state index in [0.717, 1.165) is 0 Å². The van der Waals surface area contributed by atoms with Crippen molar-refractivity contribution in [2.24, 2.45) is 0 Å². The molecule has 0 aliphatic carbocycles. The van der Waals surface area contributed by atoms with Crippen LogP contribution in [0.15, 0.2) is 24.5 Å². The Balaban J connectivity index is 2.06. The molecule has 1 atom stereocenters. The lowest BCUT2D eigenvalue weighted by atomic mass is 10.3. The van der Waals surface area contributed by atoms with E-state index >= 15 is 0 Å². The molecule has 0 radical (unpaired) electrons. The fourth-order valence-electron chi connectivity index (χ4n) is 1.72. The van der Waals surface area contributed by atoms with Crippen LogP contribution in [0, 0.1) is 0 Å². The minimum atomic E-state index is -0.426. The predicted octanol–water partition coefficient (Wildman–Crippen LogP) is 0.179. The number of rotatable bonds is 3. The number of carbonyl (C=O) groups excluding carboxylic acids is 2. The Hall–Kier alpha value is -1.78. The van der Waals surface area contributed by atoms with E-state index in [4.69, 9.17) is 0 Å². The van der Waals surface area contributed by atoms with Crippen molar-refractivity contribution < 1.29 is 9.59 Å². The Bertz CT molecular complexity index is 372. The van der Waals surface area contributed by atoms with Crippen molar-refractivity contribution in [1.29, 1.82) is 0 Å². The van der Waals surface area contributed by atoms with Crippen molar-refractivity contribution in [3.05, 3.63) is 24.5 Å². The molecule has 2 heterocycles. The number of likely N-dealkylation sites (tertiary alicyclic amines) is 1. The van der Waals surface area contributed by atoms with Gasteiger partial charge in [-0.15, -0.1) is 0 Å². The van der Waals surface area contributed by atoms with Crippen LogP contribution in [-0.4, -0.2) is 34.0 Å². The Morgan fingerprint density at radius 2 is 2.07 bits per heavy atom. The van der Waals surface area contributed by atoms with Crippen molar-refractivity contribution >= 4 is 11.8 Å². The van der Waals surface area contributed by atoms with Crippen LogP contribution in [0.25, 0.3) is 0 Å². The van der Waals surface area contributed by atoms with Crippen molar-refractivity contribution in [3.63, 3.8) is 0 Å². The third-order valence-electron chi connectivity index (χ3n) is 2.47. The number of hydrogen-bond acceptors (Lipinski definition) is 3. The van der Waals surface area contributed by atoms with Crippen molar-refractivity contribution in [2.45, 2.75) is 19.4 Å². The topological polar surface area (TPSA) is 54.3 Å². The molecule has 1 aromatic heterocycles. The van der Waals surface area contributed by atoms with Crippen LogP contribution in [-0.2, 0) is 9.59 Å². The summed E-state index contributed by atoms with van der Waals surface area (Å²) < 4.78 is 1.69. The number of likely N-dealkylation sites (N-methyl/N-ethyl adjacent to an activating group) is 1. The van der Waals surface area contributed by atoms with Gasteiger partial charge in [-0.2, -0.15) is 0 Å². The molecule has 1 aliphatic heterocycles. The molecule has 1 N–H and O–H groups in total. The second-order valence-electron chi connectivity index (χ2n) is 3.45. The van der Waals surface area contributed by atoms with E-state index in [-0.39, 0.29) is 18.2 Å².